The van der Waals surface area contributed by atoms with Crippen LogP contribution in [0.25, 0.3) is 10.9 Å². The molecule has 0 atom stereocenters. The number of carboxylic acids is 1. The summed E-state index contributed by atoms with van der Waals surface area (Å²) in [5.41, 5.74) is -0.993. The number of hydrogen-bond donors (Lipinski definition) is 2. The largest absolute Gasteiger partial charge is 0.480 e. The molecule has 0 radical (unpaired) electrons. The van der Waals surface area contributed by atoms with E-state index < -0.39 is 17.4 Å². The first-order valence-corrected chi connectivity index (χ1v) is 8.40. The number of aliphatic carboxylic acids is 1. The molecule has 7 heteroatoms. The fraction of sp³-hybridized carbons (Fsp3) is 0.444. The van der Waals surface area contributed by atoms with Gasteiger partial charge in [0.1, 0.15) is 12.1 Å². The highest BCUT2D eigenvalue weighted by Gasteiger charge is 2.42. The van der Waals surface area contributed by atoms with Gasteiger partial charge < -0.3 is 10.4 Å². The Morgan fingerprint density at radius 2 is 2.00 bits per heavy atom. The third-order valence-electron chi connectivity index (χ3n) is 4.96. The molecule has 1 amide bonds. The smallest absolute Gasteiger partial charge is 0.329 e. The van der Waals surface area contributed by atoms with Crippen LogP contribution in [0, 0.1) is 5.92 Å². The molecule has 1 aliphatic carbocycles. The van der Waals surface area contributed by atoms with Crippen LogP contribution >= 0.6 is 0 Å². The standard InChI is InChI=1S/C18H21N3O4/c1-12-6-8-18(9-7-12,17(24)25)20-15(22)10-21-11-19-14-5-3-2-4-13(14)16(21)23/h2-5,11-12H,6-10H2,1H3,(H,20,22)(H,24,25). The fourth-order valence-corrected chi connectivity index (χ4v) is 3.33. The number of hydrogen-bond acceptors (Lipinski definition) is 4. The van der Waals surface area contributed by atoms with E-state index in [2.05, 4.69) is 17.2 Å². The lowest BCUT2D eigenvalue weighted by molar-refractivity contribution is -0.149. The number of nitrogens with zero attached hydrogens (tertiary/aromatic N) is 2. The van der Waals surface area contributed by atoms with Crippen molar-refractivity contribution in [3.63, 3.8) is 0 Å². The maximum absolute atomic E-state index is 12.4. The first-order valence-electron chi connectivity index (χ1n) is 8.40. The second-order valence-corrected chi connectivity index (χ2v) is 6.81. The number of nitrogens with one attached hydrogen (secondary N) is 1. The maximum atomic E-state index is 12.4. The lowest BCUT2D eigenvalue weighted by atomic mass is 9.77. The van der Waals surface area contributed by atoms with E-state index in [0.717, 1.165) is 12.8 Å². The lowest BCUT2D eigenvalue weighted by Gasteiger charge is -2.36. The molecule has 1 fully saturated rings. The number of fused-ring (bicyclic) bond motifs is 1. The lowest BCUT2D eigenvalue weighted by Crippen LogP contribution is -2.57. The van der Waals surface area contributed by atoms with E-state index in [9.17, 15) is 19.5 Å². The zero-order valence-electron chi connectivity index (χ0n) is 14.1. The molecule has 7 nitrogen and oxygen atoms in total. The van der Waals surface area contributed by atoms with Crippen molar-refractivity contribution in [2.24, 2.45) is 5.92 Å². The van der Waals surface area contributed by atoms with Crippen molar-refractivity contribution in [2.45, 2.75) is 44.7 Å². The van der Waals surface area contributed by atoms with Crippen molar-refractivity contribution in [1.82, 2.24) is 14.9 Å². The van der Waals surface area contributed by atoms with Crippen LogP contribution in [0.15, 0.2) is 35.4 Å². The molecule has 1 aromatic heterocycles. The minimum atomic E-state index is -1.24. The van der Waals surface area contributed by atoms with Crippen LogP contribution in [0.1, 0.15) is 32.6 Å². The van der Waals surface area contributed by atoms with Gasteiger partial charge in [-0.3, -0.25) is 14.2 Å². The first kappa shape index (κ1) is 17.1. The summed E-state index contributed by atoms with van der Waals surface area (Å²) < 4.78 is 1.21. The van der Waals surface area contributed by atoms with Gasteiger partial charge in [-0.25, -0.2) is 9.78 Å². The van der Waals surface area contributed by atoms with Gasteiger partial charge in [-0.15, -0.1) is 0 Å². The Kier molecular flexibility index (Phi) is 4.57. The molecule has 0 aliphatic heterocycles. The maximum Gasteiger partial charge on any atom is 0.329 e. The number of para-hydroxylation sites is 1. The van der Waals surface area contributed by atoms with E-state index in [1.807, 2.05) is 0 Å². The van der Waals surface area contributed by atoms with Crippen LogP contribution in [0.4, 0.5) is 0 Å². The monoisotopic (exact) mass is 343 g/mol. The van der Waals surface area contributed by atoms with Crippen molar-refractivity contribution in [3.05, 3.63) is 40.9 Å². The minimum absolute atomic E-state index is 0.249. The van der Waals surface area contributed by atoms with Crippen LogP contribution in [-0.2, 0) is 16.1 Å². The number of carbonyl (C=O) groups is 2. The Bertz CT molecular complexity index is 866. The number of benzene rings is 1. The van der Waals surface area contributed by atoms with Gasteiger partial charge in [-0.2, -0.15) is 0 Å². The van der Waals surface area contributed by atoms with E-state index in [-0.39, 0.29) is 12.1 Å². The molecule has 0 unspecified atom stereocenters. The molecular formula is C18H21N3O4. The normalized spacial score (nSPS) is 23.3. The molecular weight excluding hydrogens is 322 g/mol. The van der Waals surface area contributed by atoms with Crippen LogP contribution in [0.2, 0.25) is 0 Å². The van der Waals surface area contributed by atoms with E-state index in [1.54, 1.807) is 24.3 Å². The van der Waals surface area contributed by atoms with Crippen LogP contribution in [0.3, 0.4) is 0 Å². The number of amides is 1. The van der Waals surface area contributed by atoms with Gasteiger partial charge >= 0.3 is 5.97 Å². The molecule has 1 heterocycles. The Hall–Kier alpha value is -2.70. The van der Waals surface area contributed by atoms with Crippen LogP contribution < -0.4 is 10.9 Å². The summed E-state index contributed by atoms with van der Waals surface area (Å²) >= 11 is 0. The van der Waals surface area contributed by atoms with Gasteiger partial charge in [0.25, 0.3) is 5.56 Å². The van der Waals surface area contributed by atoms with Crippen molar-refractivity contribution in [2.75, 3.05) is 0 Å². The summed E-state index contributed by atoms with van der Waals surface area (Å²) in [6.07, 6.45) is 3.63. The second kappa shape index (κ2) is 6.66. The van der Waals surface area contributed by atoms with E-state index in [0.29, 0.717) is 29.7 Å². The number of carbonyl (C=O) groups excluding carboxylic acids is 1. The molecule has 1 aromatic carbocycles. The molecule has 0 spiro atoms. The number of rotatable bonds is 4. The van der Waals surface area contributed by atoms with Gasteiger partial charge in [0.15, 0.2) is 0 Å². The van der Waals surface area contributed by atoms with Gasteiger partial charge in [-0.1, -0.05) is 19.1 Å². The van der Waals surface area contributed by atoms with Crippen molar-refractivity contribution < 1.29 is 14.7 Å². The third kappa shape index (κ3) is 3.40. The zero-order chi connectivity index (χ0) is 18.0. The van der Waals surface area contributed by atoms with Gasteiger partial charge in [0, 0.05) is 0 Å². The van der Waals surface area contributed by atoms with E-state index in [4.69, 9.17) is 0 Å². The van der Waals surface area contributed by atoms with Crippen molar-refractivity contribution >= 4 is 22.8 Å². The molecule has 132 valence electrons. The third-order valence-corrected chi connectivity index (χ3v) is 4.96. The average Bonchev–Trinajstić information content (AvgIpc) is 2.59. The SMILES string of the molecule is CC1CCC(NC(=O)Cn2cnc3ccccc3c2=O)(C(=O)O)CC1. The Morgan fingerprint density at radius 1 is 1.32 bits per heavy atom. The summed E-state index contributed by atoms with van der Waals surface area (Å²) in [7, 11) is 0. The molecule has 0 saturated heterocycles. The van der Waals surface area contributed by atoms with Crippen LogP contribution in [-0.4, -0.2) is 32.1 Å². The summed E-state index contributed by atoms with van der Waals surface area (Å²) in [4.78, 5) is 40.7. The number of carboxylic acid groups (broad SMARTS) is 1. The molecule has 2 aromatic rings. The van der Waals surface area contributed by atoms with Gasteiger partial charge in [0.2, 0.25) is 5.91 Å². The topological polar surface area (TPSA) is 101 Å². The number of aromatic nitrogens is 2. The first-order chi connectivity index (χ1) is 11.9. The molecule has 0 bridgehead atoms. The zero-order valence-corrected chi connectivity index (χ0v) is 14.1. The predicted molar refractivity (Wildman–Crippen MR) is 92.1 cm³/mol. The van der Waals surface area contributed by atoms with E-state index in [1.165, 1.54) is 10.9 Å². The predicted octanol–water partition coefficient (Wildman–Crippen LogP) is 1.55. The van der Waals surface area contributed by atoms with Crippen molar-refractivity contribution in [1.29, 1.82) is 0 Å². The minimum Gasteiger partial charge on any atom is -0.480 e. The molecule has 1 saturated carbocycles. The molecule has 25 heavy (non-hydrogen) atoms. The summed E-state index contributed by atoms with van der Waals surface area (Å²) in [5, 5.41) is 12.7. The Balaban J connectivity index is 1.79. The summed E-state index contributed by atoms with van der Waals surface area (Å²) in [6.45, 7) is 1.83. The molecule has 3 rings (SSSR count). The van der Waals surface area contributed by atoms with Gasteiger partial charge in [0.05, 0.1) is 17.2 Å². The summed E-state index contributed by atoms with van der Waals surface area (Å²) in [6, 6.07) is 6.90. The quantitative estimate of drug-likeness (QED) is 0.877. The summed E-state index contributed by atoms with van der Waals surface area (Å²) in [5.74, 6) is -1.05. The fourth-order valence-electron chi connectivity index (χ4n) is 3.33. The van der Waals surface area contributed by atoms with E-state index >= 15 is 0 Å². The highest BCUT2D eigenvalue weighted by atomic mass is 16.4. The average molecular weight is 343 g/mol. The molecule has 1 aliphatic rings. The van der Waals surface area contributed by atoms with Crippen molar-refractivity contribution in [3.8, 4) is 0 Å². The highest BCUT2D eigenvalue weighted by Crippen LogP contribution is 2.32. The van der Waals surface area contributed by atoms with Crippen LogP contribution in [0.5, 0.6) is 0 Å². The van der Waals surface area contributed by atoms with Gasteiger partial charge in [-0.05, 0) is 43.7 Å². The molecule has 2 N–H and O–H groups in total. The Morgan fingerprint density at radius 3 is 2.68 bits per heavy atom. The second-order valence-electron chi connectivity index (χ2n) is 6.81. The highest BCUT2D eigenvalue weighted by molar-refractivity contribution is 5.87. The Labute approximate surface area is 144 Å².